The number of ether oxygens (including phenoxy) is 1. The van der Waals surface area contributed by atoms with Gasteiger partial charge in [0, 0.05) is 18.7 Å². The molecule has 0 aliphatic carbocycles. The standard InChI is InChI=1S/C20H20ClN3O5S/c1-3-24(4-2)30(26,27)15-10-11-17(21)16(12-15)20(25)28-13-18-22-23-19(29-18)14-8-6-5-7-9-14/h5-12H,3-4,13H2,1-2H3. The van der Waals surface area contributed by atoms with Crippen LogP contribution in [0.1, 0.15) is 30.1 Å². The largest absolute Gasteiger partial charge is 0.452 e. The molecule has 0 aliphatic rings. The van der Waals surface area contributed by atoms with Gasteiger partial charge in [0.2, 0.25) is 15.9 Å². The van der Waals surface area contributed by atoms with Crippen LogP contribution in [0.2, 0.25) is 5.02 Å². The molecule has 0 radical (unpaired) electrons. The molecule has 0 bridgehead atoms. The molecule has 0 saturated heterocycles. The van der Waals surface area contributed by atoms with E-state index in [1.54, 1.807) is 13.8 Å². The molecule has 1 aromatic heterocycles. The molecule has 10 heteroatoms. The van der Waals surface area contributed by atoms with Crippen LogP contribution >= 0.6 is 11.6 Å². The van der Waals surface area contributed by atoms with Crippen LogP contribution in [0.4, 0.5) is 0 Å². The lowest BCUT2D eigenvalue weighted by Gasteiger charge is -2.18. The highest BCUT2D eigenvalue weighted by molar-refractivity contribution is 7.89. The summed E-state index contributed by atoms with van der Waals surface area (Å²) in [5.74, 6) is -0.395. The minimum Gasteiger partial charge on any atom is -0.452 e. The highest BCUT2D eigenvalue weighted by atomic mass is 35.5. The number of sulfonamides is 1. The van der Waals surface area contributed by atoms with Crippen LogP contribution in [-0.4, -0.2) is 42.0 Å². The first-order chi connectivity index (χ1) is 14.4. The normalized spacial score (nSPS) is 11.6. The molecule has 0 unspecified atom stereocenters. The monoisotopic (exact) mass is 449 g/mol. The fourth-order valence-electron chi connectivity index (χ4n) is 2.75. The average molecular weight is 450 g/mol. The molecule has 0 N–H and O–H groups in total. The summed E-state index contributed by atoms with van der Waals surface area (Å²) in [6.07, 6.45) is 0. The van der Waals surface area contributed by atoms with Crippen LogP contribution in [-0.2, 0) is 21.4 Å². The summed E-state index contributed by atoms with van der Waals surface area (Å²) in [4.78, 5) is 12.5. The van der Waals surface area contributed by atoms with Crippen LogP contribution in [0.25, 0.3) is 11.5 Å². The number of hydrogen-bond donors (Lipinski definition) is 0. The Bertz CT molecular complexity index is 1130. The maximum absolute atomic E-state index is 12.7. The number of nitrogens with zero attached hydrogens (tertiary/aromatic N) is 3. The van der Waals surface area contributed by atoms with Crippen molar-refractivity contribution in [3.63, 3.8) is 0 Å². The predicted molar refractivity (Wildman–Crippen MR) is 110 cm³/mol. The third kappa shape index (κ3) is 4.69. The number of carbonyl (C=O) groups excluding carboxylic acids is 1. The van der Waals surface area contributed by atoms with E-state index in [9.17, 15) is 13.2 Å². The number of rotatable bonds is 8. The number of carbonyl (C=O) groups is 1. The van der Waals surface area contributed by atoms with Gasteiger partial charge in [-0.2, -0.15) is 4.31 Å². The summed E-state index contributed by atoms with van der Waals surface area (Å²) >= 11 is 6.09. The first-order valence-corrected chi connectivity index (χ1v) is 11.0. The van der Waals surface area contributed by atoms with Gasteiger partial charge in [-0.1, -0.05) is 43.6 Å². The Kier molecular flexibility index (Phi) is 6.86. The quantitative estimate of drug-likeness (QED) is 0.482. The van der Waals surface area contributed by atoms with Gasteiger partial charge >= 0.3 is 5.97 Å². The molecule has 0 saturated carbocycles. The summed E-state index contributed by atoms with van der Waals surface area (Å²) in [5, 5.41) is 7.85. The zero-order valence-electron chi connectivity index (χ0n) is 16.4. The van der Waals surface area contributed by atoms with E-state index in [0.717, 1.165) is 5.56 Å². The number of benzene rings is 2. The molecule has 3 rings (SSSR count). The predicted octanol–water partition coefficient (Wildman–Crippen LogP) is 3.78. The lowest BCUT2D eigenvalue weighted by Crippen LogP contribution is -2.30. The van der Waals surface area contributed by atoms with E-state index in [-0.39, 0.29) is 28.0 Å². The fraction of sp³-hybridized carbons (Fsp3) is 0.250. The molecular formula is C20H20ClN3O5S. The Morgan fingerprint density at radius 2 is 1.80 bits per heavy atom. The highest BCUT2D eigenvalue weighted by Crippen LogP contribution is 2.24. The second-order valence-electron chi connectivity index (χ2n) is 6.17. The molecule has 30 heavy (non-hydrogen) atoms. The molecular weight excluding hydrogens is 430 g/mol. The van der Waals surface area contributed by atoms with Gasteiger partial charge in [-0.05, 0) is 30.3 Å². The number of halogens is 1. The Labute approximate surface area is 179 Å². The van der Waals surface area contributed by atoms with Crippen molar-refractivity contribution in [1.82, 2.24) is 14.5 Å². The van der Waals surface area contributed by atoms with Crippen LogP contribution in [0.5, 0.6) is 0 Å². The molecule has 8 nitrogen and oxygen atoms in total. The molecule has 0 amide bonds. The van der Waals surface area contributed by atoms with Crippen LogP contribution in [0, 0.1) is 0 Å². The van der Waals surface area contributed by atoms with Crippen molar-refractivity contribution in [2.24, 2.45) is 0 Å². The minimum absolute atomic E-state index is 0.0355. The van der Waals surface area contributed by atoms with Crippen molar-refractivity contribution in [2.45, 2.75) is 25.3 Å². The van der Waals surface area contributed by atoms with Gasteiger partial charge in [0.25, 0.3) is 5.89 Å². The third-order valence-electron chi connectivity index (χ3n) is 4.32. The fourth-order valence-corrected chi connectivity index (χ4v) is 4.43. The van der Waals surface area contributed by atoms with Gasteiger partial charge in [-0.25, -0.2) is 13.2 Å². The second-order valence-corrected chi connectivity index (χ2v) is 8.52. The maximum atomic E-state index is 12.7. The highest BCUT2D eigenvalue weighted by Gasteiger charge is 2.24. The smallest absolute Gasteiger partial charge is 0.340 e. The molecule has 0 atom stereocenters. The van der Waals surface area contributed by atoms with Gasteiger partial charge < -0.3 is 9.15 Å². The lowest BCUT2D eigenvalue weighted by atomic mass is 10.2. The van der Waals surface area contributed by atoms with Crippen LogP contribution in [0.3, 0.4) is 0 Å². The Morgan fingerprint density at radius 3 is 2.47 bits per heavy atom. The van der Waals surface area contributed by atoms with Crippen molar-refractivity contribution >= 4 is 27.6 Å². The molecule has 3 aromatic rings. The summed E-state index contributed by atoms with van der Waals surface area (Å²) in [6.45, 7) is 3.81. The van der Waals surface area contributed by atoms with E-state index >= 15 is 0 Å². The Morgan fingerprint density at radius 1 is 1.10 bits per heavy atom. The first kappa shape index (κ1) is 21.9. The first-order valence-electron chi connectivity index (χ1n) is 9.21. The minimum atomic E-state index is -3.74. The molecule has 2 aromatic carbocycles. The lowest BCUT2D eigenvalue weighted by molar-refractivity contribution is 0.0438. The molecule has 1 heterocycles. The molecule has 158 valence electrons. The summed E-state index contributed by atoms with van der Waals surface area (Å²) < 4.78 is 37.4. The van der Waals surface area contributed by atoms with E-state index in [1.165, 1.54) is 22.5 Å². The molecule has 0 fully saturated rings. The van der Waals surface area contributed by atoms with E-state index in [4.69, 9.17) is 20.8 Å². The molecule has 0 spiro atoms. The van der Waals surface area contributed by atoms with Gasteiger partial charge in [0.1, 0.15) is 0 Å². The van der Waals surface area contributed by atoms with E-state index < -0.39 is 16.0 Å². The van der Waals surface area contributed by atoms with E-state index in [1.807, 2.05) is 30.3 Å². The summed E-state index contributed by atoms with van der Waals surface area (Å²) in [7, 11) is -3.74. The third-order valence-corrected chi connectivity index (χ3v) is 6.69. The van der Waals surface area contributed by atoms with Crippen LogP contribution < -0.4 is 0 Å². The van der Waals surface area contributed by atoms with Crippen molar-refractivity contribution in [3.05, 3.63) is 65.0 Å². The number of hydrogen-bond acceptors (Lipinski definition) is 7. The van der Waals surface area contributed by atoms with Gasteiger partial charge in [-0.3, -0.25) is 0 Å². The summed E-state index contributed by atoms with van der Waals surface area (Å²) in [6, 6.07) is 13.1. The Balaban J connectivity index is 1.75. The zero-order valence-corrected chi connectivity index (χ0v) is 18.0. The SMILES string of the molecule is CCN(CC)S(=O)(=O)c1ccc(Cl)c(C(=O)OCc2nnc(-c3ccccc3)o2)c1. The number of aromatic nitrogens is 2. The van der Waals surface area contributed by atoms with Crippen molar-refractivity contribution < 1.29 is 22.4 Å². The second kappa shape index (κ2) is 9.38. The summed E-state index contributed by atoms with van der Waals surface area (Å²) in [5.41, 5.74) is 0.674. The van der Waals surface area contributed by atoms with Crippen molar-refractivity contribution in [2.75, 3.05) is 13.1 Å². The van der Waals surface area contributed by atoms with E-state index in [2.05, 4.69) is 10.2 Å². The number of esters is 1. The van der Waals surface area contributed by atoms with Gasteiger partial charge in [-0.15, -0.1) is 10.2 Å². The topological polar surface area (TPSA) is 103 Å². The van der Waals surface area contributed by atoms with Crippen LogP contribution in [0.15, 0.2) is 57.8 Å². The van der Waals surface area contributed by atoms with Gasteiger partial charge in [0.15, 0.2) is 6.61 Å². The maximum Gasteiger partial charge on any atom is 0.340 e. The average Bonchev–Trinajstić information content (AvgIpc) is 3.22. The Hall–Kier alpha value is -2.75. The molecule has 0 aliphatic heterocycles. The van der Waals surface area contributed by atoms with E-state index in [0.29, 0.717) is 19.0 Å². The van der Waals surface area contributed by atoms with Gasteiger partial charge in [0.05, 0.1) is 15.5 Å². The van der Waals surface area contributed by atoms with Crippen molar-refractivity contribution in [1.29, 1.82) is 0 Å². The van der Waals surface area contributed by atoms with Crippen molar-refractivity contribution in [3.8, 4) is 11.5 Å². The zero-order chi connectivity index (χ0) is 21.7.